The van der Waals surface area contributed by atoms with Crippen LogP contribution in [-0.4, -0.2) is 16.1 Å². The van der Waals surface area contributed by atoms with E-state index in [4.69, 9.17) is 0 Å². The molecular weight excluding hydrogens is 174 g/mol. The highest BCUT2D eigenvalue weighted by Gasteiger charge is 2.18. The van der Waals surface area contributed by atoms with Crippen LogP contribution in [0, 0.1) is 0 Å². The molecular formula is C11H19N3. The highest BCUT2D eigenvalue weighted by atomic mass is 15.1. The summed E-state index contributed by atoms with van der Waals surface area (Å²) in [7, 11) is 0. The first-order valence-electron chi connectivity index (χ1n) is 5.63. The topological polar surface area (TPSA) is 29.9 Å². The molecule has 1 aliphatic rings. The molecule has 1 aromatic rings. The van der Waals surface area contributed by atoms with Crippen LogP contribution in [0.2, 0.25) is 0 Å². The minimum atomic E-state index is 0.714. The quantitative estimate of drug-likeness (QED) is 0.793. The van der Waals surface area contributed by atoms with Gasteiger partial charge in [0.1, 0.15) is 0 Å². The number of nitrogens with one attached hydrogen (secondary N) is 1. The Labute approximate surface area is 85.5 Å². The van der Waals surface area contributed by atoms with Crippen LogP contribution in [0.15, 0.2) is 12.5 Å². The van der Waals surface area contributed by atoms with Crippen molar-refractivity contribution in [1.82, 2.24) is 14.9 Å². The van der Waals surface area contributed by atoms with Crippen LogP contribution < -0.4 is 5.32 Å². The molecule has 0 spiro atoms. The zero-order valence-electron chi connectivity index (χ0n) is 8.87. The van der Waals surface area contributed by atoms with Gasteiger partial charge in [-0.3, -0.25) is 0 Å². The lowest BCUT2D eigenvalue weighted by Crippen LogP contribution is -2.16. The van der Waals surface area contributed by atoms with Crippen molar-refractivity contribution in [3.63, 3.8) is 0 Å². The largest absolute Gasteiger partial charge is 0.330 e. The Kier molecular flexibility index (Phi) is 3.19. The Bertz CT molecular complexity index is 274. The Hall–Kier alpha value is -0.830. The number of hydrogen-bond donors (Lipinski definition) is 1. The van der Waals surface area contributed by atoms with Crippen LogP contribution in [0.1, 0.15) is 44.3 Å². The molecule has 0 radical (unpaired) electrons. The minimum absolute atomic E-state index is 0.714. The summed E-state index contributed by atoms with van der Waals surface area (Å²) in [5.74, 6) is 0. The number of imidazole rings is 1. The van der Waals surface area contributed by atoms with Crippen molar-refractivity contribution in [2.45, 2.75) is 45.2 Å². The summed E-state index contributed by atoms with van der Waals surface area (Å²) in [6.07, 6.45) is 9.39. The third-order valence-electron chi connectivity index (χ3n) is 3.02. The molecule has 1 aromatic heterocycles. The van der Waals surface area contributed by atoms with Crippen LogP contribution in [0.5, 0.6) is 0 Å². The predicted octanol–water partition coefficient (Wildman–Crippen LogP) is 2.11. The first-order chi connectivity index (χ1) is 6.92. The first-order valence-corrected chi connectivity index (χ1v) is 5.63. The summed E-state index contributed by atoms with van der Waals surface area (Å²) in [5.41, 5.74) is 1.33. The van der Waals surface area contributed by atoms with E-state index in [9.17, 15) is 0 Å². The molecule has 0 unspecified atom stereocenters. The monoisotopic (exact) mass is 193 g/mol. The van der Waals surface area contributed by atoms with Gasteiger partial charge in [-0.2, -0.15) is 0 Å². The maximum absolute atomic E-state index is 4.24. The molecule has 0 atom stereocenters. The summed E-state index contributed by atoms with van der Waals surface area (Å²) >= 11 is 0. The molecule has 0 amide bonds. The van der Waals surface area contributed by atoms with Crippen molar-refractivity contribution in [2.24, 2.45) is 0 Å². The molecule has 0 aliphatic heterocycles. The van der Waals surface area contributed by atoms with Gasteiger partial charge in [-0.1, -0.05) is 19.8 Å². The second-order valence-corrected chi connectivity index (χ2v) is 4.01. The molecule has 1 saturated carbocycles. The number of rotatable bonds is 4. The van der Waals surface area contributed by atoms with E-state index in [-0.39, 0.29) is 0 Å². The van der Waals surface area contributed by atoms with Gasteiger partial charge in [0, 0.05) is 18.8 Å². The summed E-state index contributed by atoms with van der Waals surface area (Å²) < 4.78 is 2.36. The van der Waals surface area contributed by atoms with E-state index < -0.39 is 0 Å². The Morgan fingerprint density at radius 3 is 3.00 bits per heavy atom. The summed E-state index contributed by atoms with van der Waals surface area (Å²) in [6, 6.07) is 0.714. The molecule has 3 nitrogen and oxygen atoms in total. The SMILES string of the molecule is CCNCc1cncn1C1CCCC1. The smallest absolute Gasteiger partial charge is 0.0951 e. The minimum Gasteiger partial charge on any atom is -0.330 e. The van der Waals surface area contributed by atoms with Crippen LogP contribution in [-0.2, 0) is 6.54 Å². The van der Waals surface area contributed by atoms with E-state index in [1.807, 2.05) is 12.5 Å². The Balaban J connectivity index is 2.04. The summed E-state index contributed by atoms with van der Waals surface area (Å²) in [4.78, 5) is 4.24. The molecule has 78 valence electrons. The number of nitrogens with zero attached hydrogens (tertiary/aromatic N) is 2. The van der Waals surface area contributed by atoms with Crippen molar-refractivity contribution in [2.75, 3.05) is 6.54 Å². The van der Waals surface area contributed by atoms with Crippen LogP contribution in [0.25, 0.3) is 0 Å². The lowest BCUT2D eigenvalue weighted by atomic mass is 10.2. The molecule has 2 rings (SSSR count). The predicted molar refractivity (Wildman–Crippen MR) is 57.1 cm³/mol. The van der Waals surface area contributed by atoms with Crippen LogP contribution >= 0.6 is 0 Å². The first kappa shape index (κ1) is 9.71. The van der Waals surface area contributed by atoms with Gasteiger partial charge in [0.2, 0.25) is 0 Å². The van der Waals surface area contributed by atoms with E-state index in [0.29, 0.717) is 6.04 Å². The van der Waals surface area contributed by atoms with Gasteiger partial charge in [0.15, 0.2) is 0 Å². The van der Waals surface area contributed by atoms with Gasteiger partial charge in [-0.25, -0.2) is 4.98 Å². The third kappa shape index (κ3) is 1.98. The van der Waals surface area contributed by atoms with Crippen molar-refractivity contribution < 1.29 is 0 Å². The maximum atomic E-state index is 4.24. The molecule has 14 heavy (non-hydrogen) atoms. The summed E-state index contributed by atoms with van der Waals surface area (Å²) in [6.45, 7) is 4.11. The van der Waals surface area contributed by atoms with Crippen molar-refractivity contribution in [3.8, 4) is 0 Å². The third-order valence-corrected chi connectivity index (χ3v) is 3.02. The fourth-order valence-electron chi connectivity index (χ4n) is 2.23. The van der Waals surface area contributed by atoms with Gasteiger partial charge in [0.05, 0.1) is 12.0 Å². The summed E-state index contributed by atoms with van der Waals surface area (Å²) in [5, 5.41) is 3.35. The molecule has 3 heteroatoms. The number of aromatic nitrogens is 2. The van der Waals surface area contributed by atoms with E-state index in [1.165, 1.54) is 31.4 Å². The molecule has 1 aliphatic carbocycles. The Morgan fingerprint density at radius 2 is 2.29 bits per heavy atom. The van der Waals surface area contributed by atoms with Gasteiger partial charge < -0.3 is 9.88 Å². The van der Waals surface area contributed by atoms with E-state index in [2.05, 4.69) is 21.8 Å². The lowest BCUT2D eigenvalue weighted by Gasteiger charge is -2.14. The fourth-order valence-corrected chi connectivity index (χ4v) is 2.23. The highest BCUT2D eigenvalue weighted by Crippen LogP contribution is 2.30. The molecule has 1 fully saturated rings. The number of hydrogen-bond acceptors (Lipinski definition) is 2. The zero-order chi connectivity index (χ0) is 9.80. The molecule has 0 saturated heterocycles. The zero-order valence-corrected chi connectivity index (χ0v) is 8.87. The average Bonchev–Trinajstić information content (AvgIpc) is 2.84. The van der Waals surface area contributed by atoms with Crippen molar-refractivity contribution >= 4 is 0 Å². The van der Waals surface area contributed by atoms with Gasteiger partial charge in [0.25, 0.3) is 0 Å². The van der Waals surface area contributed by atoms with Gasteiger partial charge >= 0.3 is 0 Å². The average molecular weight is 193 g/mol. The Morgan fingerprint density at radius 1 is 1.50 bits per heavy atom. The fraction of sp³-hybridized carbons (Fsp3) is 0.727. The normalized spacial score (nSPS) is 17.8. The molecule has 0 bridgehead atoms. The van der Waals surface area contributed by atoms with E-state index in [1.54, 1.807) is 0 Å². The molecule has 0 aromatic carbocycles. The second-order valence-electron chi connectivity index (χ2n) is 4.01. The lowest BCUT2D eigenvalue weighted by molar-refractivity contribution is 0.492. The van der Waals surface area contributed by atoms with Crippen molar-refractivity contribution in [1.29, 1.82) is 0 Å². The van der Waals surface area contributed by atoms with E-state index in [0.717, 1.165) is 13.1 Å². The van der Waals surface area contributed by atoms with Crippen LogP contribution in [0.3, 0.4) is 0 Å². The molecule has 1 N–H and O–H groups in total. The maximum Gasteiger partial charge on any atom is 0.0951 e. The van der Waals surface area contributed by atoms with Gasteiger partial charge in [-0.05, 0) is 19.4 Å². The van der Waals surface area contributed by atoms with E-state index >= 15 is 0 Å². The van der Waals surface area contributed by atoms with Gasteiger partial charge in [-0.15, -0.1) is 0 Å². The van der Waals surface area contributed by atoms with Crippen LogP contribution in [0.4, 0.5) is 0 Å². The molecule has 1 heterocycles. The van der Waals surface area contributed by atoms with Crippen molar-refractivity contribution in [3.05, 3.63) is 18.2 Å². The standard InChI is InChI=1S/C11H19N3/c1-2-12-7-11-8-13-9-14(11)10-5-3-4-6-10/h8-10,12H,2-7H2,1H3. The second kappa shape index (κ2) is 4.60. The highest BCUT2D eigenvalue weighted by molar-refractivity contribution is 5.00.